The monoisotopic (exact) mass is 454 g/mol. The van der Waals surface area contributed by atoms with Crippen molar-refractivity contribution in [3.05, 3.63) is 71.3 Å². The summed E-state index contributed by atoms with van der Waals surface area (Å²) in [5.74, 6) is -1.40. The van der Waals surface area contributed by atoms with E-state index in [4.69, 9.17) is 0 Å². The SMILES string of the molecule is CCCN(C(=O)C(Cc1ccccc1)N1C(=O)c2ccccc2C1=O)C1CCS(=O)(=O)C1. The number of carbonyl (C=O) groups excluding carboxylic acids is 3. The molecule has 4 rings (SSSR count). The first-order valence-corrected chi connectivity index (χ1v) is 12.7. The first kappa shape index (κ1) is 22.2. The first-order valence-electron chi connectivity index (χ1n) is 10.8. The van der Waals surface area contributed by atoms with Crippen LogP contribution >= 0.6 is 0 Å². The van der Waals surface area contributed by atoms with E-state index in [1.165, 1.54) is 0 Å². The second-order valence-electron chi connectivity index (χ2n) is 8.32. The first-order chi connectivity index (χ1) is 15.3. The molecule has 3 amide bonds. The molecule has 168 valence electrons. The molecule has 0 bridgehead atoms. The highest BCUT2D eigenvalue weighted by molar-refractivity contribution is 7.91. The summed E-state index contributed by atoms with van der Waals surface area (Å²) in [7, 11) is -3.20. The molecule has 2 unspecified atom stereocenters. The molecule has 2 aliphatic heterocycles. The third-order valence-corrected chi connectivity index (χ3v) is 7.84. The van der Waals surface area contributed by atoms with Gasteiger partial charge in [0.25, 0.3) is 11.8 Å². The Hall–Kier alpha value is -3.00. The molecule has 0 saturated carbocycles. The zero-order valence-corrected chi connectivity index (χ0v) is 18.8. The van der Waals surface area contributed by atoms with Crippen LogP contribution in [0.1, 0.15) is 46.0 Å². The Morgan fingerprint density at radius 3 is 2.16 bits per heavy atom. The number of rotatable bonds is 7. The molecule has 0 N–H and O–H groups in total. The van der Waals surface area contributed by atoms with Crippen molar-refractivity contribution in [2.24, 2.45) is 0 Å². The molecule has 1 saturated heterocycles. The molecular formula is C24H26N2O5S. The highest BCUT2D eigenvalue weighted by Gasteiger charge is 2.45. The lowest BCUT2D eigenvalue weighted by Gasteiger charge is -2.34. The molecule has 2 aromatic rings. The van der Waals surface area contributed by atoms with Crippen molar-refractivity contribution in [1.82, 2.24) is 9.80 Å². The third kappa shape index (κ3) is 4.19. The van der Waals surface area contributed by atoms with Crippen LogP contribution in [-0.2, 0) is 21.1 Å². The topological polar surface area (TPSA) is 91.8 Å². The molecule has 8 heteroatoms. The van der Waals surface area contributed by atoms with E-state index in [1.54, 1.807) is 29.2 Å². The minimum absolute atomic E-state index is 0.0432. The Morgan fingerprint density at radius 1 is 1.03 bits per heavy atom. The summed E-state index contributed by atoms with van der Waals surface area (Å²) in [6, 6.07) is 14.3. The van der Waals surface area contributed by atoms with Gasteiger partial charge in [0, 0.05) is 19.0 Å². The molecule has 2 atom stereocenters. The van der Waals surface area contributed by atoms with E-state index in [9.17, 15) is 22.8 Å². The summed E-state index contributed by atoms with van der Waals surface area (Å²) in [5.41, 5.74) is 1.39. The zero-order valence-electron chi connectivity index (χ0n) is 17.9. The number of sulfone groups is 1. The number of carbonyl (C=O) groups is 3. The number of fused-ring (bicyclic) bond motifs is 1. The number of benzene rings is 2. The minimum atomic E-state index is -3.20. The second-order valence-corrected chi connectivity index (χ2v) is 10.5. The normalized spacial score (nSPS) is 20.3. The van der Waals surface area contributed by atoms with Crippen LogP contribution in [0.25, 0.3) is 0 Å². The lowest BCUT2D eigenvalue weighted by molar-refractivity contribution is -0.137. The molecule has 7 nitrogen and oxygen atoms in total. The molecule has 2 aromatic carbocycles. The fourth-order valence-corrected chi connectivity index (χ4v) is 6.27. The highest BCUT2D eigenvalue weighted by Crippen LogP contribution is 2.28. The smallest absolute Gasteiger partial charge is 0.262 e. The van der Waals surface area contributed by atoms with Gasteiger partial charge in [-0.15, -0.1) is 0 Å². The van der Waals surface area contributed by atoms with Crippen molar-refractivity contribution in [3.63, 3.8) is 0 Å². The Balaban J connectivity index is 1.71. The van der Waals surface area contributed by atoms with Crippen LogP contribution in [0.5, 0.6) is 0 Å². The molecule has 1 fully saturated rings. The summed E-state index contributed by atoms with van der Waals surface area (Å²) < 4.78 is 24.2. The van der Waals surface area contributed by atoms with E-state index in [0.29, 0.717) is 19.4 Å². The standard InChI is InChI=1S/C24H26N2O5S/c1-2-13-25(18-12-14-32(30,31)16-18)24(29)21(15-17-8-4-3-5-9-17)26-22(27)19-10-6-7-11-20(19)23(26)28/h3-11,18,21H,2,12-16H2,1H3. The number of imide groups is 1. The van der Waals surface area contributed by atoms with Crippen LogP contribution in [0, 0.1) is 0 Å². The van der Waals surface area contributed by atoms with Crippen molar-refractivity contribution in [3.8, 4) is 0 Å². The van der Waals surface area contributed by atoms with Crippen molar-refractivity contribution in [2.45, 2.75) is 38.3 Å². The van der Waals surface area contributed by atoms with Gasteiger partial charge >= 0.3 is 0 Å². The molecule has 32 heavy (non-hydrogen) atoms. The quantitative estimate of drug-likeness (QED) is 0.599. The predicted octanol–water partition coefficient (Wildman–Crippen LogP) is 2.32. The number of amides is 3. The van der Waals surface area contributed by atoms with Crippen LogP contribution in [0.4, 0.5) is 0 Å². The molecule has 0 spiro atoms. The molecule has 2 aliphatic rings. The summed E-state index contributed by atoms with van der Waals surface area (Å²) in [6.07, 6.45) is 1.18. The Labute approximate surface area is 187 Å². The van der Waals surface area contributed by atoms with Crippen molar-refractivity contribution >= 4 is 27.6 Å². The van der Waals surface area contributed by atoms with Crippen LogP contribution in [0.15, 0.2) is 54.6 Å². The molecule has 2 heterocycles. The van der Waals surface area contributed by atoms with Gasteiger partial charge in [-0.2, -0.15) is 0 Å². The van der Waals surface area contributed by atoms with E-state index in [-0.39, 0.29) is 35.0 Å². The number of hydrogen-bond acceptors (Lipinski definition) is 5. The molecule has 0 aromatic heterocycles. The Kier molecular flexibility index (Phi) is 6.15. The van der Waals surface area contributed by atoms with Crippen molar-refractivity contribution < 1.29 is 22.8 Å². The highest BCUT2D eigenvalue weighted by atomic mass is 32.2. The summed E-state index contributed by atoms with van der Waals surface area (Å²) in [6.45, 7) is 2.28. The Bertz CT molecular complexity index is 1110. The maximum Gasteiger partial charge on any atom is 0.262 e. The Morgan fingerprint density at radius 2 is 1.62 bits per heavy atom. The van der Waals surface area contributed by atoms with Gasteiger partial charge in [-0.1, -0.05) is 49.4 Å². The molecule has 0 aliphatic carbocycles. The van der Waals surface area contributed by atoms with E-state index >= 15 is 0 Å². The number of hydrogen-bond donors (Lipinski definition) is 0. The maximum atomic E-state index is 13.8. The van der Waals surface area contributed by atoms with Gasteiger partial charge in [-0.05, 0) is 30.5 Å². The van der Waals surface area contributed by atoms with Gasteiger partial charge in [0.1, 0.15) is 6.04 Å². The van der Waals surface area contributed by atoms with Crippen LogP contribution in [0.2, 0.25) is 0 Å². The van der Waals surface area contributed by atoms with Crippen LogP contribution in [0.3, 0.4) is 0 Å². The minimum Gasteiger partial charge on any atom is -0.337 e. The summed E-state index contributed by atoms with van der Waals surface area (Å²) in [5, 5.41) is 0. The molecule has 0 radical (unpaired) electrons. The lowest BCUT2D eigenvalue weighted by atomic mass is 10.0. The van der Waals surface area contributed by atoms with Gasteiger partial charge in [0.15, 0.2) is 9.84 Å². The van der Waals surface area contributed by atoms with Gasteiger partial charge in [-0.3, -0.25) is 19.3 Å². The number of nitrogens with zero attached hydrogens (tertiary/aromatic N) is 2. The largest absolute Gasteiger partial charge is 0.337 e. The maximum absolute atomic E-state index is 13.8. The van der Waals surface area contributed by atoms with Crippen molar-refractivity contribution in [2.75, 3.05) is 18.1 Å². The molecular weight excluding hydrogens is 428 g/mol. The van der Waals surface area contributed by atoms with Gasteiger partial charge < -0.3 is 4.90 Å². The van der Waals surface area contributed by atoms with Crippen molar-refractivity contribution in [1.29, 1.82) is 0 Å². The van der Waals surface area contributed by atoms with Gasteiger partial charge in [0.05, 0.1) is 22.6 Å². The van der Waals surface area contributed by atoms with E-state index in [1.807, 2.05) is 37.3 Å². The summed E-state index contributed by atoms with van der Waals surface area (Å²) >= 11 is 0. The van der Waals surface area contributed by atoms with Gasteiger partial charge in [-0.25, -0.2) is 8.42 Å². The zero-order chi connectivity index (χ0) is 22.9. The fourth-order valence-electron chi connectivity index (χ4n) is 4.54. The third-order valence-electron chi connectivity index (χ3n) is 6.09. The van der Waals surface area contributed by atoms with E-state index < -0.39 is 33.7 Å². The van der Waals surface area contributed by atoms with E-state index in [0.717, 1.165) is 10.5 Å². The predicted molar refractivity (Wildman–Crippen MR) is 120 cm³/mol. The second kappa shape index (κ2) is 8.86. The van der Waals surface area contributed by atoms with E-state index in [2.05, 4.69) is 0 Å². The fraction of sp³-hybridized carbons (Fsp3) is 0.375. The lowest BCUT2D eigenvalue weighted by Crippen LogP contribution is -2.55. The van der Waals surface area contributed by atoms with Crippen LogP contribution < -0.4 is 0 Å². The average Bonchev–Trinajstić information content (AvgIpc) is 3.27. The summed E-state index contributed by atoms with van der Waals surface area (Å²) in [4.78, 5) is 42.9. The average molecular weight is 455 g/mol. The van der Waals surface area contributed by atoms with Gasteiger partial charge in [0.2, 0.25) is 5.91 Å². The van der Waals surface area contributed by atoms with Crippen LogP contribution in [-0.4, -0.2) is 66.1 Å².